The number of anilines is 2. The van der Waals surface area contributed by atoms with Crippen molar-refractivity contribution in [2.24, 2.45) is 0 Å². The molecule has 0 spiro atoms. The lowest BCUT2D eigenvalue weighted by molar-refractivity contribution is -1.01. The van der Waals surface area contributed by atoms with Gasteiger partial charge >= 0.3 is 0 Å². The van der Waals surface area contributed by atoms with E-state index < -0.39 is 0 Å². The van der Waals surface area contributed by atoms with E-state index in [9.17, 15) is 14.0 Å². The molecule has 1 fully saturated rings. The molecular weight excluding hydrogens is 387 g/mol. The Labute approximate surface area is 175 Å². The standard InChI is InChI=1S/C22H27FN4O3/c1-16(22(29)25-19-7-4-8-20(14-19)30-2)27-11-9-26(10-12-27)15-21(28)24-18-6-3-5-17(23)13-18/h3-8,13-14,16H,9-12,15H2,1-2H3,(H,24,28)(H,25,29)/p+2/t16-/m0/s1. The van der Waals surface area contributed by atoms with Crippen LogP contribution in [0, 0.1) is 5.82 Å². The molecule has 1 heterocycles. The van der Waals surface area contributed by atoms with Gasteiger partial charge in [0.25, 0.3) is 11.8 Å². The van der Waals surface area contributed by atoms with Gasteiger partial charge in [-0.3, -0.25) is 9.59 Å². The van der Waals surface area contributed by atoms with Crippen LogP contribution in [0.25, 0.3) is 0 Å². The summed E-state index contributed by atoms with van der Waals surface area (Å²) >= 11 is 0. The van der Waals surface area contributed by atoms with Gasteiger partial charge in [-0.15, -0.1) is 0 Å². The summed E-state index contributed by atoms with van der Waals surface area (Å²) in [5.74, 6) is 0.147. The zero-order valence-corrected chi connectivity index (χ0v) is 17.3. The number of methoxy groups -OCH3 is 1. The smallest absolute Gasteiger partial charge is 0.282 e. The minimum atomic E-state index is -0.376. The number of amides is 2. The second-order valence-electron chi connectivity index (χ2n) is 7.59. The van der Waals surface area contributed by atoms with Crippen molar-refractivity contribution in [2.45, 2.75) is 13.0 Å². The van der Waals surface area contributed by atoms with Gasteiger partial charge in [0, 0.05) is 17.4 Å². The minimum Gasteiger partial charge on any atom is -0.497 e. The second-order valence-corrected chi connectivity index (χ2v) is 7.59. The van der Waals surface area contributed by atoms with E-state index in [1.807, 2.05) is 25.1 Å². The first-order valence-corrected chi connectivity index (χ1v) is 10.1. The first kappa shape index (κ1) is 21.7. The van der Waals surface area contributed by atoms with Crippen LogP contribution >= 0.6 is 0 Å². The maximum Gasteiger partial charge on any atom is 0.282 e. The van der Waals surface area contributed by atoms with Crippen LogP contribution in [-0.2, 0) is 9.59 Å². The van der Waals surface area contributed by atoms with E-state index in [0.717, 1.165) is 31.1 Å². The predicted molar refractivity (Wildman–Crippen MR) is 112 cm³/mol. The fourth-order valence-corrected chi connectivity index (χ4v) is 3.67. The average Bonchev–Trinajstić information content (AvgIpc) is 2.74. The molecule has 1 atom stereocenters. The van der Waals surface area contributed by atoms with Gasteiger partial charge in [0.2, 0.25) is 0 Å². The Balaban J connectivity index is 1.44. The lowest BCUT2D eigenvalue weighted by Gasteiger charge is -2.32. The van der Waals surface area contributed by atoms with Gasteiger partial charge in [-0.05, 0) is 37.3 Å². The monoisotopic (exact) mass is 416 g/mol. The molecule has 7 nitrogen and oxygen atoms in total. The zero-order valence-electron chi connectivity index (χ0n) is 17.3. The maximum absolute atomic E-state index is 13.2. The first-order chi connectivity index (χ1) is 14.4. The van der Waals surface area contributed by atoms with Crippen molar-refractivity contribution < 1.29 is 28.5 Å². The minimum absolute atomic E-state index is 0.0365. The zero-order chi connectivity index (χ0) is 21.5. The van der Waals surface area contributed by atoms with Crippen LogP contribution in [0.3, 0.4) is 0 Å². The van der Waals surface area contributed by atoms with Gasteiger partial charge in [0.05, 0.1) is 7.11 Å². The molecule has 160 valence electrons. The molecular formula is C22H29FN4O3+2. The highest BCUT2D eigenvalue weighted by molar-refractivity contribution is 5.93. The maximum atomic E-state index is 13.2. The van der Waals surface area contributed by atoms with Gasteiger partial charge in [0.15, 0.2) is 12.6 Å². The highest BCUT2D eigenvalue weighted by atomic mass is 19.1. The van der Waals surface area contributed by atoms with Crippen LogP contribution in [0.1, 0.15) is 6.92 Å². The fourth-order valence-electron chi connectivity index (χ4n) is 3.67. The number of piperazine rings is 1. The third kappa shape index (κ3) is 6.01. The van der Waals surface area contributed by atoms with E-state index in [-0.39, 0.29) is 23.7 Å². The lowest BCUT2D eigenvalue weighted by Crippen LogP contribution is -3.30. The molecule has 2 aromatic carbocycles. The van der Waals surface area contributed by atoms with E-state index in [1.165, 1.54) is 17.0 Å². The Hall–Kier alpha value is -2.97. The number of ether oxygens (including phenoxy) is 1. The van der Waals surface area contributed by atoms with Crippen molar-refractivity contribution in [3.8, 4) is 5.75 Å². The SMILES string of the molecule is COc1cccc(NC(=O)[C@H](C)[NH+]2CC[NH+](CC(=O)Nc3cccc(F)c3)CC2)c1. The van der Waals surface area contributed by atoms with Gasteiger partial charge < -0.3 is 25.2 Å². The number of carbonyl (C=O) groups is 2. The molecule has 2 aromatic rings. The molecule has 1 saturated heterocycles. The summed E-state index contributed by atoms with van der Waals surface area (Å²) in [4.78, 5) is 27.2. The molecule has 0 radical (unpaired) electrons. The second kappa shape index (κ2) is 10.2. The molecule has 0 aliphatic carbocycles. The third-order valence-electron chi connectivity index (χ3n) is 5.46. The van der Waals surface area contributed by atoms with Gasteiger partial charge in [0.1, 0.15) is 37.7 Å². The Morgan fingerprint density at radius 1 is 1.03 bits per heavy atom. The van der Waals surface area contributed by atoms with Crippen LogP contribution in [-0.4, -0.2) is 57.7 Å². The van der Waals surface area contributed by atoms with E-state index in [0.29, 0.717) is 23.7 Å². The van der Waals surface area contributed by atoms with Crippen molar-refractivity contribution in [3.05, 3.63) is 54.3 Å². The lowest BCUT2D eigenvalue weighted by atomic mass is 10.2. The molecule has 30 heavy (non-hydrogen) atoms. The molecule has 0 saturated carbocycles. The molecule has 3 rings (SSSR count). The Bertz CT molecular complexity index is 884. The van der Waals surface area contributed by atoms with Gasteiger partial charge in [-0.1, -0.05) is 12.1 Å². The number of carbonyl (C=O) groups excluding carboxylic acids is 2. The molecule has 8 heteroatoms. The summed E-state index contributed by atoms with van der Waals surface area (Å²) in [6, 6.07) is 13.0. The number of rotatable bonds is 7. The van der Waals surface area contributed by atoms with Gasteiger partial charge in [-0.25, -0.2) is 4.39 Å². The van der Waals surface area contributed by atoms with Crippen LogP contribution in [0.5, 0.6) is 5.75 Å². The number of quaternary nitrogens is 2. The van der Waals surface area contributed by atoms with E-state index in [1.54, 1.807) is 25.3 Å². The van der Waals surface area contributed by atoms with E-state index in [2.05, 4.69) is 10.6 Å². The molecule has 0 unspecified atom stereocenters. The molecule has 4 N–H and O–H groups in total. The molecule has 2 amide bonds. The van der Waals surface area contributed by atoms with Crippen LogP contribution < -0.4 is 25.2 Å². The Kier molecular flexibility index (Phi) is 7.37. The van der Waals surface area contributed by atoms with Crippen molar-refractivity contribution in [1.82, 2.24) is 0 Å². The molecule has 0 bridgehead atoms. The van der Waals surface area contributed by atoms with Crippen LogP contribution in [0.15, 0.2) is 48.5 Å². The predicted octanol–water partition coefficient (Wildman–Crippen LogP) is -0.417. The normalized spacial score (nSPS) is 19.6. The first-order valence-electron chi connectivity index (χ1n) is 10.1. The van der Waals surface area contributed by atoms with Crippen molar-refractivity contribution in [2.75, 3.05) is 50.5 Å². The van der Waals surface area contributed by atoms with Crippen LogP contribution in [0.4, 0.5) is 15.8 Å². The molecule has 1 aliphatic rings. The van der Waals surface area contributed by atoms with Crippen LogP contribution in [0.2, 0.25) is 0 Å². The number of hydrogen-bond donors (Lipinski definition) is 4. The summed E-state index contributed by atoms with van der Waals surface area (Å²) in [6.07, 6.45) is 0. The number of halogens is 1. The largest absolute Gasteiger partial charge is 0.497 e. The highest BCUT2D eigenvalue weighted by Gasteiger charge is 2.31. The van der Waals surface area contributed by atoms with E-state index >= 15 is 0 Å². The van der Waals surface area contributed by atoms with Crippen molar-refractivity contribution in [1.29, 1.82) is 0 Å². The number of nitrogens with one attached hydrogen (secondary N) is 4. The molecule has 1 aliphatic heterocycles. The molecule has 0 aromatic heterocycles. The summed E-state index contributed by atoms with van der Waals surface area (Å²) in [5.41, 5.74) is 1.18. The number of hydrogen-bond acceptors (Lipinski definition) is 3. The summed E-state index contributed by atoms with van der Waals surface area (Å²) < 4.78 is 18.4. The fraction of sp³-hybridized carbons (Fsp3) is 0.364. The van der Waals surface area contributed by atoms with E-state index in [4.69, 9.17) is 4.74 Å². The topological polar surface area (TPSA) is 76.3 Å². The van der Waals surface area contributed by atoms with Gasteiger partial charge in [-0.2, -0.15) is 0 Å². The van der Waals surface area contributed by atoms with Crippen molar-refractivity contribution >= 4 is 23.2 Å². The average molecular weight is 416 g/mol. The van der Waals surface area contributed by atoms with Crippen molar-refractivity contribution in [3.63, 3.8) is 0 Å². The Morgan fingerprint density at radius 3 is 2.37 bits per heavy atom. The third-order valence-corrected chi connectivity index (χ3v) is 5.46. The quantitative estimate of drug-likeness (QED) is 0.496. The number of benzene rings is 2. The highest BCUT2D eigenvalue weighted by Crippen LogP contribution is 2.16. The Morgan fingerprint density at radius 2 is 1.70 bits per heavy atom. The summed E-state index contributed by atoms with van der Waals surface area (Å²) in [7, 11) is 1.59. The summed E-state index contributed by atoms with van der Waals surface area (Å²) in [5, 5.41) is 5.69. The summed E-state index contributed by atoms with van der Waals surface area (Å²) in [6.45, 7) is 5.44.